The van der Waals surface area contributed by atoms with E-state index in [4.69, 9.17) is 19.4 Å². The van der Waals surface area contributed by atoms with Gasteiger partial charge >= 0.3 is 0 Å². The lowest BCUT2D eigenvalue weighted by atomic mass is 10.0. The fourth-order valence-electron chi connectivity index (χ4n) is 10.8. The Bertz CT molecular complexity index is 4580. The van der Waals surface area contributed by atoms with Gasteiger partial charge in [0.05, 0.1) is 27.8 Å². The van der Waals surface area contributed by atoms with Gasteiger partial charge in [0.2, 0.25) is 0 Å². The Morgan fingerprint density at radius 1 is 0.338 bits per heavy atom. The molecule has 0 unspecified atom stereocenters. The molecule has 316 valence electrons. The van der Waals surface area contributed by atoms with Gasteiger partial charge in [-0.15, -0.1) is 11.3 Å². The highest BCUT2D eigenvalue weighted by Gasteiger charge is 2.25. The third-order valence-electron chi connectivity index (χ3n) is 13.7. The molecule has 0 N–H and O–H groups in total. The summed E-state index contributed by atoms with van der Waals surface area (Å²) in [6, 6.07) is 75.4. The zero-order valence-corrected chi connectivity index (χ0v) is 37.1. The van der Waals surface area contributed by atoms with Crippen LogP contribution in [0.15, 0.2) is 217 Å². The van der Waals surface area contributed by atoms with Crippen LogP contribution in [0.4, 0.5) is 0 Å². The molecule has 68 heavy (non-hydrogen) atoms. The van der Waals surface area contributed by atoms with E-state index < -0.39 is 0 Å². The second-order valence-electron chi connectivity index (χ2n) is 17.5. The van der Waals surface area contributed by atoms with Gasteiger partial charge in [-0.2, -0.15) is 0 Å². The molecule has 15 rings (SSSR count). The first-order chi connectivity index (χ1) is 33.7. The minimum atomic E-state index is 0.569. The number of furan rings is 1. The van der Waals surface area contributed by atoms with E-state index in [1.165, 1.54) is 36.3 Å². The van der Waals surface area contributed by atoms with Crippen LogP contribution in [-0.4, -0.2) is 24.1 Å². The van der Waals surface area contributed by atoms with Crippen LogP contribution in [0, 0.1) is 0 Å². The summed E-state index contributed by atoms with van der Waals surface area (Å²) in [7, 11) is 0. The normalized spacial score (nSPS) is 12.1. The Labute approximate surface area is 392 Å². The predicted molar refractivity (Wildman–Crippen MR) is 282 cm³/mol. The number of benzene rings is 10. The molecule has 0 fully saturated rings. The summed E-state index contributed by atoms with van der Waals surface area (Å²) >= 11 is 1.79. The highest BCUT2D eigenvalue weighted by molar-refractivity contribution is 7.25. The van der Waals surface area contributed by atoms with E-state index in [0.29, 0.717) is 17.5 Å². The summed E-state index contributed by atoms with van der Waals surface area (Å²) < 4.78 is 13.8. The summed E-state index contributed by atoms with van der Waals surface area (Å²) in [5, 5.41) is 11.3. The fourth-order valence-corrected chi connectivity index (χ4v) is 11.9. The summed E-state index contributed by atoms with van der Waals surface area (Å²) in [5.41, 5.74) is 10.7. The Morgan fingerprint density at radius 3 is 1.74 bits per heavy atom. The number of para-hydroxylation sites is 4. The Kier molecular flexibility index (Phi) is 7.85. The van der Waals surface area contributed by atoms with Gasteiger partial charge in [0.25, 0.3) is 0 Å². The summed E-state index contributed by atoms with van der Waals surface area (Å²) in [6.45, 7) is 0. The molecule has 15 aromatic rings. The van der Waals surface area contributed by atoms with Gasteiger partial charge in [-0.05, 0) is 77.5 Å². The van der Waals surface area contributed by atoms with Crippen LogP contribution in [0.2, 0.25) is 0 Å². The van der Waals surface area contributed by atoms with Crippen LogP contribution in [0.5, 0.6) is 0 Å². The van der Waals surface area contributed by atoms with Gasteiger partial charge in [-0.1, -0.05) is 140 Å². The lowest BCUT2D eigenvalue weighted by molar-refractivity contribution is 0.668. The number of rotatable bonds is 5. The quantitative estimate of drug-likeness (QED) is 0.173. The minimum Gasteiger partial charge on any atom is -0.456 e. The molecular weight excluding hydrogens is 851 g/mol. The molecule has 0 spiro atoms. The Balaban J connectivity index is 1.09. The molecule has 6 nitrogen and oxygen atoms in total. The number of fused-ring (bicyclic) bond motifs is 13. The average Bonchev–Trinajstić information content (AvgIpc) is 4.15. The van der Waals surface area contributed by atoms with Crippen LogP contribution in [0.3, 0.4) is 0 Å². The minimum absolute atomic E-state index is 0.569. The molecule has 7 heteroatoms. The fraction of sp³-hybridized carbons (Fsp3) is 0. The highest BCUT2D eigenvalue weighted by Crippen LogP contribution is 2.45. The first-order valence-electron chi connectivity index (χ1n) is 22.8. The zero-order chi connectivity index (χ0) is 44.5. The standard InChI is InChI=1S/C61H35N5OS/c1-2-18-38(19-3-1)65-49-27-11-7-22-41(49)57-43(24-14-28-50(57)65)59-62-60(44-25-15-31-56-58(44)42-23-9-13-30-55(42)68-56)64-61(63-59)47-34-46-40-21-8-12-29-53(40)67-54(46)35-52(47)66-48-26-10-6-20-39(48)45-32-36-16-4-5-17-37(36)33-51(45)66/h1-35H. The molecule has 10 aromatic carbocycles. The van der Waals surface area contributed by atoms with Gasteiger partial charge in [0.1, 0.15) is 11.2 Å². The van der Waals surface area contributed by atoms with Crippen molar-refractivity contribution in [1.29, 1.82) is 0 Å². The summed E-state index contributed by atoms with van der Waals surface area (Å²) in [5.74, 6) is 1.78. The molecule has 0 bridgehead atoms. The van der Waals surface area contributed by atoms with Crippen LogP contribution < -0.4 is 0 Å². The Morgan fingerprint density at radius 2 is 0.926 bits per heavy atom. The van der Waals surface area contributed by atoms with Crippen LogP contribution in [0.1, 0.15) is 0 Å². The molecule has 0 aliphatic carbocycles. The third-order valence-corrected chi connectivity index (χ3v) is 14.9. The monoisotopic (exact) mass is 885 g/mol. The average molecular weight is 886 g/mol. The lowest BCUT2D eigenvalue weighted by Gasteiger charge is -2.16. The van der Waals surface area contributed by atoms with Crippen molar-refractivity contribution < 1.29 is 4.42 Å². The van der Waals surface area contributed by atoms with E-state index in [0.717, 1.165) is 88.2 Å². The van der Waals surface area contributed by atoms with Crippen LogP contribution in [-0.2, 0) is 0 Å². The van der Waals surface area contributed by atoms with Crippen molar-refractivity contribution in [2.45, 2.75) is 0 Å². The second-order valence-corrected chi connectivity index (χ2v) is 18.6. The van der Waals surface area contributed by atoms with E-state index in [1.807, 2.05) is 12.1 Å². The van der Waals surface area contributed by atoms with Crippen molar-refractivity contribution >= 4 is 108 Å². The largest absolute Gasteiger partial charge is 0.456 e. The zero-order valence-electron chi connectivity index (χ0n) is 36.3. The third kappa shape index (κ3) is 5.42. The van der Waals surface area contributed by atoms with Gasteiger partial charge in [-0.25, -0.2) is 15.0 Å². The second kappa shape index (κ2) is 14.3. The molecule has 0 radical (unpaired) electrons. The number of thiophene rings is 1. The smallest absolute Gasteiger partial charge is 0.166 e. The van der Waals surface area contributed by atoms with Crippen LogP contribution in [0.25, 0.3) is 142 Å². The van der Waals surface area contributed by atoms with Crippen molar-refractivity contribution in [2.24, 2.45) is 0 Å². The summed E-state index contributed by atoms with van der Waals surface area (Å²) in [6.07, 6.45) is 0. The van der Waals surface area contributed by atoms with Crippen molar-refractivity contribution in [2.75, 3.05) is 0 Å². The molecule has 0 saturated carbocycles. The first kappa shape index (κ1) is 37.3. The predicted octanol–water partition coefficient (Wildman–Crippen LogP) is 16.5. The molecule has 0 saturated heterocycles. The molecule has 0 aliphatic heterocycles. The van der Waals surface area contributed by atoms with Crippen molar-refractivity contribution in [3.63, 3.8) is 0 Å². The first-order valence-corrected chi connectivity index (χ1v) is 23.7. The van der Waals surface area contributed by atoms with E-state index >= 15 is 0 Å². The van der Waals surface area contributed by atoms with E-state index in [2.05, 4.69) is 209 Å². The molecule has 0 atom stereocenters. The maximum Gasteiger partial charge on any atom is 0.166 e. The number of aromatic nitrogens is 5. The SMILES string of the molecule is c1ccc(-n2c3ccccc3c3c(-c4nc(-c5cc6c(cc5-n5c7ccccc7c7cc8ccccc8cc75)oc5ccccc56)nc(-c5cccc6sc7ccccc7c56)n4)cccc32)cc1. The van der Waals surface area contributed by atoms with Crippen molar-refractivity contribution in [3.8, 4) is 45.5 Å². The molecular formula is C61H35N5OS. The number of nitrogens with zero attached hydrogens (tertiary/aromatic N) is 5. The van der Waals surface area contributed by atoms with Gasteiger partial charge in [-0.3, -0.25) is 0 Å². The van der Waals surface area contributed by atoms with E-state index in [1.54, 1.807) is 11.3 Å². The van der Waals surface area contributed by atoms with Gasteiger partial charge in [0, 0.05) is 80.9 Å². The number of hydrogen-bond donors (Lipinski definition) is 0. The Hall–Kier alpha value is -8.91. The molecule has 5 aromatic heterocycles. The molecule has 5 heterocycles. The van der Waals surface area contributed by atoms with Crippen molar-refractivity contribution in [3.05, 3.63) is 212 Å². The maximum atomic E-state index is 6.70. The highest BCUT2D eigenvalue weighted by atomic mass is 32.1. The maximum absolute atomic E-state index is 6.70. The van der Waals surface area contributed by atoms with Gasteiger partial charge in [0.15, 0.2) is 17.5 Å². The van der Waals surface area contributed by atoms with Crippen molar-refractivity contribution in [1.82, 2.24) is 24.1 Å². The summed E-state index contributed by atoms with van der Waals surface area (Å²) in [4.78, 5) is 16.8. The lowest BCUT2D eigenvalue weighted by Crippen LogP contribution is -2.04. The van der Waals surface area contributed by atoms with E-state index in [-0.39, 0.29) is 0 Å². The van der Waals surface area contributed by atoms with E-state index in [9.17, 15) is 0 Å². The van der Waals surface area contributed by atoms with Gasteiger partial charge < -0.3 is 13.6 Å². The van der Waals surface area contributed by atoms with Crippen LogP contribution >= 0.6 is 11.3 Å². The molecule has 0 aliphatic rings. The number of hydrogen-bond acceptors (Lipinski definition) is 5. The topological polar surface area (TPSA) is 61.7 Å². The molecule has 0 amide bonds.